The Balaban J connectivity index is 2.16. The summed E-state index contributed by atoms with van der Waals surface area (Å²) in [6, 6.07) is 6.29. The van der Waals surface area contributed by atoms with Crippen LogP contribution in [0.2, 0.25) is 0 Å². The van der Waals surface area contributed by atoms with Crippen molar-refractivity contribution in [1.82, 2.24) is 9.78 Å². The molecule has 2 aromatic rings. The van der Waals surface area contributed by atoms with E-state index in [4.69, 9.17) is 10.5 Å². The van der Waals surface area contributed by atoms with Crippen LogP contribution in [0.5, 0.6) is 0 Å². The van der Waals surface area contributed by atoms with Crippen molar-refractivity contribution in [3.8, 4) is 0 Å². The average Bonchev–Trinajstić information content (AvgIpc) is 2.83. The Kier molecular flexibility index (Phi) is 4.26. The highest BCUT2D eigenvalue weighted by atomic mass is 32.2. The summed E-state index contributed by atoms with van der Waals surface area (Å²) in [5.74, 6) is 0. The summed E-state index contributed by atoms with van der Waals surface area (Å²) in [5, 5.41) is 4.03. The summed E-state index contributed by atoms with van der Waals surface area (Å²) < 4.78 is 33.3. The predicted molar refractivity (Wildman–Crippen MR) is 75.8 cm³/mol. The number of aromatic nitrogens is 2. The Morgan fingerprint density at radius 2 is 2.15 bits per heavy atom. The maximum Gasteiger partial charge on any atom is 0.264 e. The van der Waals surface area contributed by atoms with Crippen molar-refractivity contribution in [2.45, 2.75) is 11.4 Å². The SMILES string of the molecule is COCCn1cc(NS(=O)(=O)c2ccccc2N)cn1. The number of nitrogen functional groups attached to an aromatic ring is 1. The molecule has 0 aliphatic heterocycles. The fourth-order valence-corrected chi connectivity index (χ4v) is 2.82. The van der Waals surface area contributed by atoms with Gasteiger partial charge in [0.15, 0.2) is 0 Å². The van der Waals surface area contributed by atoms with Crippen LogP contribution in [0.1, 0.15) is 0 Å². The van der Waals surface area contributed by atoms with Gasteiger partial charge in [-0.25, -0.2) is 8.42 Å². The van der Waals surface area contributed by atoms with Crippen LogP contribution in [0.25, 0.3) is 0 Å². The minimum atomic E-state index is -3.71. The van der Waals surface area contributed by atoms with Crippen molar-refractivity contribution < 1.29 is 13.2 Å². The van der Waals surface area contributed by atoms with Gasteiger partial charge in [0.2, 0.25) is 0 Å². The summed E-state index contributed by atoms with van der Waals surface area (Å²) in [5.41, 5.74) is 6.25. The maximum absolute atomic E-state index is 12.2. The highest BCUT2D eigenvalue weighted by Gasteiger charge is 2.17. The number of nitrogens with two attached hydrogens (primary N) is 1. The third-order valence-electron chi connectivity index (χ3n) is 2.62. The molecule has 108 valence electrons. The number of ether oxygens (including phenoxy) is 1. The van der Waals surface area contributed by atoms with Gasteiger partial charge in [0.25, 0.3) is 10.0 Å². The molecule has 0 aliphatic rings. The molecule has 8 heteroatoms. The molecule has 0 spiro atoms. The Morgan fingerprint density at radius 3 is 2.85 bits per heavy atom. The van der Waals surface area contributed by atoms with Crippen LogP contribution in [0.4, 0.5) is 11.4 Å². The van der Waals surface area contributed by atoms with E-state index in [1.165, 1.54) is 18.3 Å². The first-order valence-electron chi connectivity index (χ1n) is 5.91. The molecular formula is C12H16N4O3S. The summed E-state index contributed by atoms with van der Waals surface area (Å²) >= 11 is 0. The Morgan fingerprint density at radius 1 is 1.40 bits per heavy atom. The molecule has 20 heavy (non-hydrogen) atoms. The molecule has 0 saturated heterocycles. The van der Waals surface area contributed by atoms with Gasteiger partial charge in [-0.15, -0.1) is 0 Å². The standard InChI is InChI=1S/C12H16N4O3S/c1-19-7-6-16-9-10(8-14-16)15-20(17,18)12-5-3-2-4-11(12)13/h2-5,8-9,15H,6-7,13H2,1H3. The van der Waals surface area contributed by atoms with Crippen molar-refractivity contribution in [3.63, 3.8) is 0 Å². The zero-order chi connectivity index (χ0) is 14.6. The number of nitrogens with one attached hydrogen (secondary N) is 1. The molecule has 0 saturated carbocycles. The van der Waals surface area contributed by atoms with Gasteiger partial charge in [-0.3, -0.25) is 9.40 Å². The van der Waals surface area contributed by atoms with Crippen LogP contribution in [-0.2, 0) is 21.3 Å². The third-order valence-corrected chi connectivity index (χ3v) is 4.07. The fraction of sp³-hybridized carbons (Fsp3) is 0.250. The number of sulfonamides is 1. The third kappa shape index (κ3) is 3.28. The van der Waals surface area contributed by atoms with E-state index in [9.17, 15) is 8.42 Å². The molecular weight excluding hydrogens is 280 g/mol. The lowest BCUT2D eigenvalue weighted by molar-refractivity contribution is 0.183. The van der Waals surface area contributed by atoms with Gasteiger partial charge in [-0.05, 0) is 12.1 Å². The highest BCUT2D eigenvalue weighted by molar-refractivity contribution is 7.92. The van der Waals surface area contributed by atoms with Gasteiger partial charge in [0.1, 0.15) is 4.90 Å². The number of anilines is 2. The average molecular weight is 296 g/mol. The molecule has 0 bridgehead atoms. The minimum Gasteiger partial charge on any atom is -0.398 e. The maximum atomic E-state index is 12.2. The van der Waals surface area contributed by atoms with Crippen LogP contribution in [0, 0.1) is 0 Å². The smallest absolute Gasteiger partial charge is 0.264 e. The lowest BCUT2D eigenvalue weighted by Gasteiger charge is -2.07. The van der Waals surface area contributed by atoms with Crippen LogP contribution in [-0.4, -0.2) is 31.9 Å². The summed E-state index contributed by atoms with van der Waals surface area (Å²) in [7, 11) is -2.12. The molecule has 3 N–H and O–H groups in total. The van der Waals surface area contributed by atoms with Crippen LogP contribution >= 0.6 is 0 Å². The number of para-hydroxylation sites is 1. The first-order chi connectivity index (χ1) is 9.53. The second-order valence-corrected chi connectivity index (χ2v) is 5.78. The minimum absolute atomic E-state index is 0.0460. The Hall–Kier alpha value is -2.06. The van der Waals surface area contributed by atoms with Crippen molar-refractivity contribution in [2.75, 3.05) is 24.2 Å². The number of hydrogen-bond donors (Lipinski definition) is 2. The lowest BCUT2D eigenvalue weighted by atomic mass is 10.3. The van der Waals surface area contributed by atoms with Crippen LogP contribution < -0.4 is 10.5 Å². The Bertz CT molecular complexity index is 682. The van der Waals surface area contributed by atoms with E-state index >= 15 is 0 Å². The predicted octanol–water partition coefficient (Wildman–Crippen LogP) is 0.913. The molecule has 1 aromatic heterocycles. The van der Waals surface area contributed by atoms with E-state index in [1.807, 2.05) is 0 Å². The molecule has 7 nitrogen and oxygen atoms in total. The zero-order valence-electron chi connectivity index (χ0n) is 11.0. The summed E-state index contributed by atoms with van der Waals surface area (Å²) in [6.07, 6.45) is 3.03. The van der Waals surface area contributed by atoms with E-state index in [2.05, 4.69) is 9.82 Å². The quantitative estimate of drug-likeness (QED) is 0.772. The van der Waals surface area contributed by atoms with Gasteiger partial charge in [0.05, 0.1) is 30.7 Å². The second kappa shape index (κ2) is 5.93. The van der Waals surface area contributed by atoms with Crippen molar-refractivity contribution in [3.05, 3.63) is 36.7 Å². The first kappa shape index (κ1) is 14.4. The molecule has 0 radical (unpaired) electrons. The second-order valence-electron chi connectivity index (χ2n) is 4.13. The van der Waals surface area contributed by atoms with Gasteiger partial charge >= 0.3 is 0 Å². The van der Waals surface area contributed by atoms with Crippen LogP contribution in [0.15, 0.2) is 41.6 Å². The van der Waals surface area contributed by atoms with Crippen molar-refractivity contribution >= 4 is 21.4 Å². The number of hydrogen-bond acceptors (Lipinski definition) is 5. The van der Waals surface area contributed by atoms with E-state index in [1.54, 1.807) is 30.1 Å². The molecule has 2 rings (SSSR count). The zero-order valence-corrected chi connectivity index (χ0v) is 11.8. The van der Waals surface area contributed by atoms with Gasteiger partial charge < -0.3 is 10.5 Å². The normalized spacial score (nSPS) is 11.4. The van der Waals surface area contributed by atoms with Crippen LogP contribution in [0.3, 0.4) is 0 Å². The Labute approximate surface area is 117 Å². The van der Waals surface area contributed by atoms with E-state index in [0.29, 0.717) is 18.8 Å². The molecule has 0 amide bonds. The van der Waals surface area contributed by atoms with Crippen molar-refractivity contribution in [1.29, 1.82) is 0 Å². The highest BCUT2D eigenvalue weighted by Crippen LogP contribution is 2.20. The van der Waals surface area contributed by atoms with E-state index < -0.39 is 10.0 Å². The molecule has 0 aliphatic carbocycles. The number of nitrogens with zero attached hydrogens (tertiary/aromatic N) is 2. The summed E-state index contributed by atoms with van der Waals surface area (Å²) in [4.78, 5) is 0.0460. The number of methoxy groups -OCH3 is 1. The lowest BCUT2D eigenvalue weighted by Crippen LogP contribution is -2.14. The van der Waals surface area contributed by atoms with Gasteiger partial charge in [0, 0.05) is 13.3 Å². The fourth-order valence-electron chi connectivity index (χ4n) is 1.66. The first-order valence-corrected chi connectivity index (χ1v) is 7.40. The van der Waals surface area contributed by atoms with Crippen molar-refractivity contribution in [2.24, 2.45) is 0 Å². The van der Waals surface area contributed by atoms with Gasteiger partial charge in [-0.1, -0.05) is 12.1 Å². The monoisotopic (exact) mass is 296 g/mol. The molecule has 0 atom stereocenters. The molecule has 0 unspecified atom stereocenters. The van der Waals surface area contributed by atoms with E-state index in [0.717, 1.165) is 0 Å². The molecule has 1 heterocycles. The number of rotatable bonds is 6. The molecule has 1 aromatic carbocycles. The largest absolute Gasteiger partial charge is 0.398 e. The van der Waals surface area contributed by atoms with E-state index in [-0.39, 0.29) is 10.6 Å². The number of benzene rings is 1. The van der Waals surface area contributed by atoms with Gasteiger partial charge in [-0.2, -0.15) is 5.10 Å². The topological polar surface area (TPSA) is 99.2 Å². The molecule has 0 fully saturated rings. The summed E-state index contributed by atoms with van der Waals surface area (Å²) in [6.45, 7) is 1.05.